The maximum atomic E-state index is 5.70. The van der Waals surface area contributed by atoms with E-state index in [-0.39, 0.29) is 0 Å². The van der Waals surface area contributed by atoms with E-state index in [4.69, 9.17) is 10.5 Å². The van der Waals surface area contributed by atoms with Gasteiger partial charge in [0, 0.05) is 18.8 Å². The fourth-order valence-electron chi connectivity index (χ4n) is 2.71. The molecule has 1 aromatic carbocycles. The third-order valence-electron chi connectivity index (χ3n) is 3.81. The summed E-state index contributed by atoms with van der Waals surface area (Å²) in [6.07, 6.45) is 3.63. The monoisotopic (exact) mass is 248 g/mol. The first-order valence-electron chi connectivity index (χ1n) is 6.89. The lowest BCUT2D eigenvalue weighted by molar-refractivity contribution is 0.414. The Morgan fingerprint density at radius 1 is 1.33 bits per heavy atom. The van der Waals surface area contributed by atoms with Gasteiger partial charge in [0.1, 0.15) is 5.75 Å². The number of methoxy groups -OCH3 is 1. The molecule has 1 atom stereocenters. The van der Waals surface area contributed by atoms with Crippen LogP contribution in [0.15, 0.2) is 18.2 Å². The van der Waals surface area contributed by atoms with Gasteiger partial charge in [0.25, 0.3) is 0 Å². The first-order valence-corrected chi connectivity index (χ1v) is 6.89. The molecule has 1 aliphatic rings. The summed E-state index contributed by atoms with van der Waals surface area (Å²) in [7, 11) is 1.72. The zero-order valence-electron chi connectivity index (χ0n) is 11.5. The van der Waals surface area contributed by atoms with Gasteiger partial charge in [0.2, 0.25) is 0 Å². The third kappa shape index (κ3) is 2.78. The van der Waals surface area contributed by atoms with E-state index in [1.165, 1.54) is 37.2 Å². The summed E-state index contributed by atoms with van der Waals surface area (Å²) in [5, 5.41) is 0. The maximum absolute atomic E-state index is 5.70. The molecule has 0 aliphatic carbocycles. The Bertz CT molecular complexity index is 386. The lowest BCUT2D eigenvalue weighted by atomic mass is 9.95. The first kappa shape index (κ1) is 13.2. The highest BCUT2D eigenvalue weighted by atomic mass is 16.5. The molecule has 1 fully saturated rings. The minimum Gasteiger partial charge on any atom is -0.497 e. The van der Waals surface area contributed by atoms with Crippen LogP contribution >= 0.6 is 0 Å². The molecule has 3 nitrogen and oxygen atoms in total. The van der Waals surface area contributed by atoms with Gasteiger partial charge >= 0.3 is 0 Å². The van der Waals surface area contributed by atoms with Crippen LogP contribution < -0.4 is 15.4 Å². The minimum absolute atomic E-state index is 0.487. The lowest BCUT2D eigenvalue weighted by Gasteiger charge is -2.25. The van der Waals surface area contributed by atoms with Gasteiger partial charge in [0.05, 0.1) is 7.11 Å². The van der Waals surface area contributed by atoms with Gasteiger partial charge in [0.15, 0.2) is 0 Å². The topological polar surface area (TPSA) is 38.5 Å². The highest BCUT2D eigenvalue weighted by Crippen LogP contribution is 2.34. The smallest absolute Gasteiger partial charge is 0.119 e. The van der Waals surface area contributed by atoms with Crippen LogP contribution in [0.2, 0.25) is 0 Å². The zero-order chi connectivity index (χ0) is 13.0. The second-order valence-corrected chi connectivity index (χ2v) is 5.10. The molecule has 0 radical (unpaired) electrons. The van der Waals surface area contributed by atoms with E-state index >= 15 is 0 Å². The number of ether oxygens (including phenoxy) is 1. The Balaban J connectivity index is 2.31. The van der Waals surface area contributed by atoms with Gasteiger partial charge in [-0.1, -0.05) is 6.92 Å². The summed E-state index contributed by atoms with van der Waals surface area (Å²) in [4.78, 5) is 2.49. The minimum atomic E-state index is 0.487. The van der Waals surface area contributed by atoms with E-state index in [2.05, 4.69) is 30.0 Å². The molecule has 2 N–H and O–H groups in total. The quantitative estimate of drug-likeness (QED) is 0.870. The molecule has 100 valence electrons. The molecule has 0 saturated carbocycles. The molecule has 0 bridgehead atoms. The lowest BCUT2D eigenvalue weighted by Crippen LogP contribution is -2.20. The second-order valence-electron chi connectivity index (χ2n) is 5.10. The molecule has 18 heavy (non-hydrogen) atoms. The molecule has 1 unspecified atom stereocenters. The molecule has 1 aliphatic heterocycles. The molecule has 0 spiro atoms. The van der Waals surface area contributed by atoms with Crippen LogP contribution in [0.1, 0.15) is 37.7 Å². The van der Waals surface area contributed by atoms with Gasteiger partial charge in [-0.15, -0.1) is 0 Å². The Labute approximate surface area is 110 Å². The average Bonchev–Trinajstić information content (AvgIpc) is 2.92. The fraction of sp³-hybridized carbons (Fsp3) is 0.600. The summed E-state index contributed by atoms with van der Waals surface area (Å²) in [6, 6.07) is 6.44. The fourth-order valence-corrected chi connectivity index (χ4v) is 2.71. The summed E-state index contributed by atoms with van der Waals surface area (Å²) in [5.41, 5.74) is 8.44. The van der Waals surface area contributed by atoms with Crippen LogP contribution in [0.5, 0.6) is 5.75 Å². The van der Waals surface area contributed by atoms with Gasteiger partial charge < -0.3 is 15.4 Å². The van der Waals surface area contributed by atoms with Crippen molar-refractivity contribution in [2.45, 2.75) is 32.1 Å². The molecule has 0 amide bonds. The number of nitrogens with zero attached hydrogens (tertiary/aromatic N) is 1. The number of nitrogens with two attached hydrogens (primary N) is 1. The van der Waals surface area contributed by atoms with E-state index in [1.54, 1.807) is 7.11 Å². The van der Waals surface area contributed by atoms with Crippen LogP contribution in [-0.2, 0) is 0 Å². The summed E-state index contributed by atoms with van der Waals surface area (Å²) >= 11 is 0. The van der Waals surface area contributed by atoms with Crippen molar-refractivity contribution in [2.24, 2.45) is 5.73 Å². The van der Waals surface area contributed by atoms with Crippen molar-refractivity contribution < 1.29 is 4.74 Å². The highest BCUT2D eigenvalue weighted by Gasteiger charge is 2.19. The summed E-state index contributed by atoms with van der Waals surface area (Å²) in [6.45, 7) is 5.34. The predicted molar refractivity (Wildman–Crippen MR) is 76.5 cm³/mol. The first-order chi connectivity index (χ1) is 8.76. The Hall–Kier alpha value is -1.22. The van der Waals surface area contributed by atoms with Crippen LogP contribution in [0.25, 0.3) is 0 Å². The number of benzene rings is 1. The predicted octanol–water partition coefficient (Wildman–Crippen LogP) is 2.75. The van der Waals surface area contributed by atoms with Crippen molar-refractivity contribution in [3.63, 3.8) is 0 Å². The van der Waals surface area contributed by atoms with E-state index in [9.17, 15) is 0 Å². The standard InChI is InChI=1S/C15H24N2O/c1-12(7-8-16)14-11-13(18-2)5-6-15(14)17-9-3-4-10-17/h5-6,11-12H,3-4,7-10,16H2,1-2H3. The molecular formula is C15H24N2O. The number of hydrogen-bond acceptors (Lipinski definition) is 3. The van der Waals surface area contributed by atoms with Crippen LogP contribution in [0.4, 0.5) is 5.69 Å². The molecule has 1 saturated heterocycles. The molecule has 3 heteroatoms. The van der Waals surface area contributed by atoms with E-state index in [0.717, 1.165) is 18.7 Å². The van der Waals surface area contributed by atoms with Crippen LogP contribution in [0.3, 0.4) is 0 Å². The van der Waals surface area contributed by atoms with Gasteiger partial charge in [-0.25, -0.2) is 0 Å². The number of hydrogen-bond donors (Lipinski definition) is 1. The van der Waals surface area contributed by atoms with E-state index < -0.39 is 0 Å². The number of rotatable bonds is 5. The SMILES string of the molecule is COc1ccc(N2CCCC2)c(C(C)CCN)c1. The van der Waals surface area contributed by atoms with Crippen molar-refractivity contribution in [1.82, 2.24) is 0 Å². The van der Waals surface area contributed by atoms with Gasteiger partial charge in [-0.05, 0) is 55.5 Å². The normalized spacial score (nSPS) is 16.9. The van der Waals surface area contributed by atoms with E-state index in [1.807, 2.05) is 0 Å². The van der Waals surface area contributed by atoms with Crippen LogP contribution in [0, 0.1) is 0 Å². The third-order valence-corrected chi connectivity index (χ3v) is 3.81. The second kappa shape index (κ2) is 6.10. The Kier molecular flexibility index (Phi) is 4.48. The largest absolute Gasteiger partial charge is 0.497 e. The van der Waals surface area contributed by atoms with Crippen molar-refractivity contribution in [1.29, 1.82) is 0 Å². The van der Waals surface area contributed by atoms with Crippen molar-refractivity contribution in [3.05, 3.63) is 23.8 Å². The molecular weight excluding hydrogens is 224 g/mol. The molecule has 2 rings (SSSR count). The molecule has 0 aromatic heterocycles. The van der Waals surface area contributed by atoms with Crippen molar-refractivity contribution in [3.8, 4) is 5.75 Å². The van der Waals surface area contributed by atoms with Crippen molar-refractivity contribution in [2.75, 3.05) is 31.6 Å². The average molecular weight is 248 g/mol. The molecule has 1 heterocycles. The van der Waals surface area contributed by atoms with E-state index in [0.29, 0.717) is 5.92 Å². The highest BCUT2D eigenvalue weighted by molar-refractivity contribution is 5.58. The Morgan fingerprint density at radius 3 is 2.67 bits per heavy atom. The zero-order valence-corrected chi connectivity index (χ0v) is 11.5. The number of anilines is 1. The summed E-state index contributed by atoms with van der Waals surface area (Å²) in [5.74, 6) is 1.43. The maximum Gasteiger partial charge on any atom is 0.119 e. The van der Waals surface area contributed by atoms with Crippen molar-refractivity contribution >= 4 is 5.69 Å². The molecule has 1 aromatic rings. The Morgan fingerprint density at radius 2 is 2.06 bits per heavy atom. The van der Waals surface area contributed by atoms with Gasteiger partial charge in [-0.2, -0.15) is 0 Å². The van der Waals surface area contributed by atoms with Crippen LogP contribution in [-0.4, -0.2) is 26.7 Å². The van der Waals surface area contributed by atoms with Gasteiger partial charge in [-0.3, -0.25) is 0 Å². The summed E-state index contributed by atoms with van der Waals surface area (Å²) < 4.78 is 5.35.